The zero-order valence-corrected chi connectivity index (χ0v) is 9.59. The van der Waals surface area contributed by atoms with Gasteiger partial charge in [-0.1, -0.05) is 12.2 Å². The molecule has 17 heavy (non-hydrogen) atoms. The highest BCUT2D eigenvalue weighted by Gasteiger charge is 2.80. The van der Waals surface area contributed by atoms with Crippen molar-refractivity contribution in [2.45, 2.75) is 25.6 Å². The number of carbonyl (C=O) groups is 2. The topological polar surface area (TPSA) is 55.9 Å². The van der Waals surface area contributed by atoms with E-state index in [4.69, 9.17) is 9.47 Å². The van der Waals surface area contributed by atoms with Crippen molar-refractivity contribution in [3.05, 3.63) is 12.2 Å². The van der Waals surface area contributed by atoms with Gasteiger partial charge in [-0.3, -0.25) is 9.59 Å². The molecular formula is C13H14O4. The lowest BCUT2D eigenvalue weighted by Crippen LogP contribution is -2.46. The highest BCUT2D eigenvalue weighted by Crippen LogP contribution is 2.68. The average molecular weight is 234 g/mol. The summed E-state index contributed by atoms with van der Waals surface area (Å²) in [5, 5.41) is 0. The van der Waals surface area contributed by atoms with Crippen LogP contribution in [0, 0.1) is 23.2 Å². The van der Waals surface area contributed by atoms with Crippen molar-refractivity contribution in [1.82, 2.24) is 0 Å². The van der Waals surface area contributed by atoms with E-state index in [1.54, 1.807) is 6.92 Å². The fourth-order valence-corrected chi connectivity index (χ4v) is 4.27. The maximum absolute atomic E-state index is 12.3. The summed E-state index contributed by atoms with van der Waals surface area (Å²) in [6, 6.07) is 0. The molecule has 4 aliphatic rings. The van der Waals surface area contributed by atoms with Crippen LogP contribution in [0.25, 0.3) is 0 Å². The van der Waals surface area contributed by atoms with Gasteiger partial charge >= 0.3 is 5.97 Å². The molecule has 4 nitrogen and oxygen atoms in total. The minimum Gasteiger partial charge on any atom is -0.465 e. The Morgan fingerprint density at radius 2 is 2.41 bits per heavy atom. The molecule has 90 valence electrons. The second kappa shape index (κ2) is 2.80. The fraction of sp³-hybridized carbons (Fsp3) is 0.692. The average Bonchev–Trinajstić information content (AvgIpc) is 2.75. The second-order valence-electron chi connectivity index (χ2n) is 5.40. The molecule has 0 aromatic heterocycles. The molecule has 4 rings (SSSR count). The third kappa shape index (κ3) is 0.876. The van der Waals surface area contributed by atoms with Crippen LogP contribution in [0.4, 0.5) is 0 Å². The van der Waals surface area contributed by atoms with Gasteiger partial charge in [0.25, 0.3) is 0 Å². The lowest BCUT2D eigenvalue weighted by molar-refractivity contribution is -0.164. The SMILES string of the molecule is CCOC(=O)[C@]12[C@H](C(=O)[C@@H]3O[C@@H]31)[C@@H]1C=C[C@H]2C1. The largest absolute Gasteiger partial charge is 0.465 e. The van der Waals surface area contributed by atoms with E-state index in [0.717, 1.165) is 6.42 Å². The number of epoxide rings is 1. The zero-order chi connectivity index (χ0) is 11.8. The lowest BCUT2D eigenvalue weighted by Gasteiger charge is -2.34. The Balaban J connectivity index is 1.83. The quantitative estimate of drug-likeness (QED) is 0.401. The number of rotatable bonds is 2. The number of esters is 1. The Kier molecular flexibility index (Phi) is 1.62. The number of Topliss-reactive ketones (excluding diaryl/α,β-unsaturated/α-hetero) is 1. The van der Waals surface area contributed by atoms with E-state index >= 15 is 0 Å². The standard InChI is InChI=1S/C13H14O4/c1-2-16-12(15)13-7-4-3-6(5-7)8(13)9(14)10-11(13)17-10/h3-4,6-8,10-11H,2,5H2,1H3/t6-,7+,8+,10+,11+,13-/m1/s1. The van der Waals surface area contributed by atoms with Crippen LogP contribution in [0.1, 0.15) is 13.3 Å². The van der Waals surface area contributed by atoms with Crippen LogP contribution in [0.2, 0.25) is 0 Å². The number of allylic oxidation sites excluding steroid dienone is 2. The normalized spacial score (nSPS) is 52.5. The van der Waals surface area contributed by atoms with Gasteiger partial charge in [0.05, 0.1) is 6.61 Å². The molecular weight excluding hydrogens is 220 g/mol. The Morgan fingerprint density at radius 3 is 3.18 bits per heavy atom. The van der Waals surface area contributed by atoms with Crippen molar-refractivity contribution >= 4 is 11.8 Å². The maximum atomic E-state index is 12.3. The van der Waals surface area contributed by atoms with Gasteiger partial charge in [-0.05, 0) is 25.2 Å². The van der Waals surface area contributed by atoms with E-state index in [-0.39, 0.29) is 41.7 Å². The molecule has 1 saturated heterocycles. The monoisotopic (exact) mass is 234 g/mol. The third-order valence-corrected chi connectivity index (χ3v) is 4.85. The number of hydrogen-bond acceptors (Lipinski definition) is 4. The zero-order valence-electron chi connectivity index (χ0n) is 9.59. The molecule has 2 bridgehead atoms. The van der Waals surface area contributed by atoms with Gasteiger partial charge in [0.1, 0.15) is 17.6 Å². The van der Waals surface area contributed by atoms with Crippen LogP contribution >= 0.6 is 0 Å². The van der Waals surface area contributed by atoms with Gasteiger partial charge in [0.15, 0.2) is 5.78 Å². The van der Waals surface area contributed by atoms with E-state index in [1.807, 2.05) is 0 Å². The van der Waals surface area contributed by atoms with E-state index in [1.165, 1.54) is 0 Å². The van der Waals surface area contributed by atoms with E-state index in [2.05, 4.69) is 12.2 Å². The molecule has 4 heteroatoms. The minimum atomic E-state index is -0.683. The minimum absolute atomic E-state index is 0.125. The molecule has 3 fully saturated rings. The molecule has 0 radical (unpaired) electrons. The summed E-state index contributed by atoms with van der Waals surface area (Å²) >= 11 is 0. The summed E-state index contributed by atoms with van der Waals surface area (Å²) in [6.07, 6.45) is 4.54. The molecule has 3 aliphatic carbocycles. The third-order valence-electron chi connectivity index (χ3n) is 4.85. The summed E-state index contributed by atoms with van der Waals surface area (Å²) in [4.78, 5) is 24.5. The first-order chi connectivity index (χ1) is 8.21. The van der Waals surface area contributed by atoms with Crippen molar-refractivity contribution in [3.8, 4) is 0 Å². The van der Waals surface area contributed by atoms with Crippen molar-refractivity contribution in [3.63, 3.8) is 0 Å². The van der Waals surface area contributed by atoms with Gasteiger partial charge in [0, 0.05) is 5.92 Å². The van der Waals surface area contributed by atoms with Gasteiger partial charge in [0.2, 0.25) is 0 Å². The van der Waals surface area contributed by atoms with Crippen molar-refractivity contribution < 1.29 is 19.1 Å². The molecule has 0 unspecified atom stereocenters. The first kappa shape index (κ1) is 9.83. The Morgan fingerprint density at radius 1 is 1.59 bits per heavy atom. The predicted octanol–water partition coefficient (Wildman–Crippen LogP) is 0.708. The Bertz CT molecular complexity index is 454. The smallest absolute Gasteiger partial charge is 0.316 e. The molecule has 0 spiro atoms. The first-order valence-electron chi connectivity index (χ1n) is 6.26. The van der Waals surface area contributed by atoms with Crippen molar-refractivity contribution in [2.24, 2.45) is 23.2 Å². The fourth-order valence-electron chi connectivity index (χ4n) is 4.27. The molecule has 0 aromatic carbocycles. The summed E-state index contributed by atoms with van der Waals surface area (Å²) in [6.45, 7) is 2.16. The summed E-state index contributed by atoms with van der Waals surface area (Å²) in [5.41, 5.74) is -0.683. The summed E-state index contributed by atoms with van der Waals surface area (Å²) in [5.74, 6) is 0.0895. The lowest BCUT2D eigenvalue weighted by atomic mass is 9.69. The Hall–Kier alpha value is -1.16. The van der Waals surface area contributed by atoms with E-state index < -0.39 is 5.41 Å². The first-order valence-corrected chi connectivity index (χ1v) is 6.26. The van der Waals surface area contributed by atoms with Crippen LogP contribution in [0.15, 0.2) is 12.2 Å². The van der Waals surface area contributed by atoms with Crippen LogP contribution in [0.3, 0.4) is 0 Å². The number of hydrogen-bond donors (Lipinski definition) is 0. The molecule has 6 atom stereocenters. The highest BCUT2D eigenvalue weighted by atomic mass is 16.6. The molecule has 1 heterocycles. The molecule has 2 saturated carbocycles. The van der Waals surface area contributed by atoms with E-state index in [9.17, 15) is 9.59 Å². The van der Waals surface area contributed by atoms with Crippen LogP contribution in [-0.2, 0) is 19.1 Å². The van der Waals surface area contributed by atoms with Crippen molar-refractivity contribution in [2.75, 3.05) is 6.61 Å². The van der Waals surface area contributed by atoms with Crippen LogP contribution in [0.5, 0.6) is 0 Å². The van der Waals surface area contributed by atoms with Crippen LogP contribution < -0.4 is 0 Å². The van der Waals surface area contributed by atoms with Crippen molar-refractivity contribution in [1.29, 1.82) is 0 Å². The molecule has 0 amide bonds. The Labute approximate surface area is 99.0 Å². The number of ether oxygens (including phenoxy) is 2. The molecule has 0 N–H and O–H groups in total. The van der Waals surface area contributed by atoms with Gasteiger partial charge in [-0.25, -0.2) is 0 Å². The highest BCUT2D eigenvalue weighted by molar-refractivity contribution is 6.01. The van der Waals surface area contributed by atoms with Crippen LogP contribution in [-0.4, -0.2) is 30.6 Å². The van der Waals surface area contributed by atoms with Gasteiger partial charge in [-0.2, -0.15) is 0 Å². The summed E-state index contributed by atoms with van der Waals surface area (Å²) in [7, 11) is 0. The van der Waals surface area contributed by atoms with E-state index in [0.29, 0.717) is 6.61 Å². The number of fused-ring (bicyclic) bond motifs is 7. The predicted molar refractivity (Wildman–Crippen MR) is 57.0 cm³/mol. The van der Waals surface area contributed by atoms with Gasteiger partial charge in [-0.15, -0.1) is 0 Å². The second-order valence-corrected chi connectivity index (χ2v) is 5.40. The number of ketones is 1. The van der Waals surface area contributed by atoms with Gasteiger partial charge < -0.3 is 9.47 Å². The summed E-state index contributed by atoms with van der Waals surface area (Å²) < 4.78 is 10.6. The molecule has 0 aromatic rings. The number of carbonyl (C=O) groups excluding carboxylic acids is 2. The molecule has 1 aliphatic heterocycles. The maximum Gasteiger partial charge on any atom is 0.316 e.